The number of carbonyl (C=O) groups excluding carboxylic acids is 1. The number of hydrogen-bond acceptors (Lipinski definition) is 6. The molecule has 6 nitrogen and oxygen atoms in total. The molecule has 0 spiro atoms. The Morgan fingerprint density at radius 2 is 1.87 bits per heavy atom. The second-order valence-electron chi connectivity index (χ2n) is 7.55. The maximum Gasteiger partial charge on any atom is 0.234 e. The third-order valence-corrected chi connectivity index (χ3v) is 7.96. The van der Waals surface area contributed by atoms with Crippen LogP contribution in [0.25, 0.3) is 0 Å². The summed E-state index contributed by atoms with van der Waals surface area (Å²) in [5.74, 6) is -0.687. The average molecular weight is 448 g/mol. The number of anilines is 2. The Labute approximate surface area is 179 Å². The van der Waals surface area contributed by atoms with Crippen molar-refractivity contribution in [1.82, 2.24) is 0 Å². The van der Waals surface area contributed by atoms with Crippen LogP contribution in [0, 0.1) is 19.7 Å². The van der Waals surface area contributed by atoms with Gasteiger partial charge in [-0.15, -0.1) is 0 Å². The van der Waals surface area contributed by atoms with E-state index in [1.165, 1.54) is 17.8 Å². The van der Waals surface area contributed by atoms with E-state index in [1.807, 2.05) is 32.0 Å². The van der Waals surface area contributed by atoms with Gasteiger partial charge in [0, 0.05) is 5.69 Å². The van der Waals surface area contributed by atoms with Gasteiger partial charge in [0.15, 0.2) is 15.0 Å². The van der Waals surface area contributed by atoms with Gasteiger partial charge in [-0.25, -0.2) is 12.8 Å². The lowest BCUT2D eigenvalue weighted by Crippen LogP contribution is -2.40. The summed E-state index contributed by atoms with van der Waals surface area (Å²) in [5, 5.41) is 3.40. The Morgan fingerprint density at radius 1 is 1.17 bits per heavy atom. The number of aliphatic imine (C=N–C) groups is 1. The normalized spacial score (nSPS) is 22.0. The first-order valence-electron chi connectivity index (χ1n) is 9.56. The summed E-state index contributed by atoms with van der Waals surface area (Å²) in [6.45, 7) is 3.86. The van der Waals surface area contributed by atoms with Gasteiger partial charge in [0.05, 0.1) is 35.0 Å². The van der Waals surface area contributed by atoms with Crippen LogP contribution in [0.15, 0.2) is 47.5 Å². The number of hydrogen-bond donors (Lipinski definition) is 1. The molecular formula is C21H22FN3O3S2. The van der Waals surface area contributed by atoms with Crippen LogP contribution in [-0.4, -0.2) is 48.8 Å². The van der Waals surface area contributed by atoms with Crippen LogP contribution in [0.5, 0.6) is 0 Å². The molecule has 0 aliphatic carbocycles. The van der Waals surface area contributed by atoms with E-state index >= 15 is 0 Å². The van der Waals surface area contributed by atoms with Crippen molar-refractivity contribution in [1.29, 1.82) is 0 Å². The third kappa shape index (κ3) is 4.09. The van der Waals surface area contributed by atoms with Crippen molar-refractivity contribution in [2.24, 2.45) is 4.99 Å². The first-order valence-corrected chi connectivity index (χ1v) is 12.4. The number of fused-ring (bicyclic) bond motifs is 1. The molecule has 2 aromatic rings. The Morgan fingerprint density at radius 3 is 2.57 bits per heavy atom. The van der Waals surface area contributed by atoms with Crippen LogP contribution >= 0.6 is 11.8 Å². The zero-order valence-corrected chi connectivity index (χ0v) is 18.3. The van der Waals surface area contributed by atoms with E-state index in [0.717, 1.165) is 16.8 Å². The van der Waals surface area contributed by atoms with Gasteiger partial charge in [0.25, 0.3) is 0 Å². The summed E-state index contributed by atoms with van der Waals surface area (Å²) in [6.07, 6.45) is 0. The molecule has 9 heteroatoms. The predicted octanol–water partition coefficient (Wildman–Crippen LogP) is 3.16. The number of nitrogens with one attached hydrogen (secondary N) is 1. The highest BCUT2D eigenvalue weighted by atomic mass is 32.2. The van der Waals surface area contributed by atoms with Crippen molar-refractivity contribution in [2.45, 2.75) is 25.9 Å². The minimum absolute atomic E-state index is 0.0543. The van der Waals surface area contributed by atoms with E-state index < -0.39 is 27.7 Å². The topological polar surface area (TPSA) is 78.8 Å². The zero-order chi connectivity index (χ0) is 21.5. The zero-order valence-electron chi connectivity index (χ0n) is 16.6. The number of amidine groups is 1. The molecule has 1 saturated heterocycles. The number of sulfone groups is 1. The van der Waals surface area contributed by atoms with Gasteiger partial charge in [-0.3, -0.25) is 9.79 Å². The molecule has 0 bridgehead atoms. The Bertz CT molecular complexity index is 1110. The number of amides is 1. The number of carbonyl (C=O) groups is 1. The van der Waals surface area contributed by atoms with Crippen molar-refractivity contribution in [3.05, 3.63) is 59.4 Å². The summed E-state index contributed by atoms with van der Waals surface area (Å²) >= 11 is 1.19. The summed E-state index contributed by atoms with van der Waals surface area (Å²) in [5.41, 5.74) is 3.01. The molecule has 30 heavy (non-hydrogen) atoms. The lowest BCUT2D eigenvalue weighted by Gasteiger charge is -2.26. The first kappa shape index (κ1) is 20.9. The largest absolute Gasteiger partial charge is 0.325 e. The molecule has 0 unspecified atom stereocenters. The molecule has 2 atom stereocenters. The van der Waals surface area contributed by atoms with Crippen molar-refractivity contribution >= 4 is 44.0 Å². The second kappa shape index (κ2) is 8.03. The number of aryl methyl sites for hydroxylation is 2. The highest BCUT2D eigenvalue weighted by Crippen LogP contribution is 2.36. The Balaban J connectivity index is 1.53. The van der Waals surface area contributed by atoms with Crippen molar-refractivity contribution in [3.8, 4) is 0 Å². The smallest absolute Gasteiger partial charge is 0.234 e. The third-order valence-electron chi connectivity index (χ3n) is 5.30. The van der Waals surface area contributed by atoms with Gasteiger partial charge in [-0.2, -0.15) is 0 Å². The van der Waals surface area contributed by atoms with Crippen molar-refractivity contribution < 1.29 is 17.6 Å². The van der Waals surface area contributed by atoms with Gasteiger partial charge in [0.1, 0.15) is 5.82 Å². The quantitative estimate of drug-likeness (QED) is 0.779. The molecule has 1 fully saturated rings. The van der Waals surface area contributed by atoms with Crippen LogP contribution < -0.4 is 10.2 Å². The van der Waals surface area contributed by atoms with Gasteiger partial charge in [-0.05, 0) is 37.1 Å². The average Bonchev–Trinajstić information content (AvgIpc) is 3.15. The molecule has 158 valence electrons. The molecule has 1 amide bonds. The van der Waals surface area contributed by atoms with E-state index in [-0.39, 0.29) is 28.9 Å². The molecule has 4 rings (SSSR count). The maximum atomic E-state index is 14.5. The van der Waals surface area contributed by atoms with E-state index in [1.54, 1.807) is 23.1 Å². The molecule has 0 radical (unpaired) electrons. The number of halogens is 1. The SMILES string of the molecule is Cc1cccc(C)c1NC(=O)CSC1=N[C@@H]2CS(=O)(=O)C[C@H]2N1c1ccccc1F. The fraction of sp³-hybridized carbons (Fsp3) is 0.333. The number of para-hydroxylation sites is 2. The van der Waals surface area contributed by atoms with Gasteiger partial charge >= 0.3 is 0 Å². The standard InChI is InChI=1S/C21H22FN3O3S2/c1-13-6-5-7-14(2)20(13)24-19(26)10-29-21-23-16-11-30(27,28)12-18(16)25(21)17-9-4-3-8-15(17)22/h3-9,16,18H,10-12H2,1-2H3,(H,24,26)/t16-,18-/m1/s1. The predicted molar refractivity (Wildman–Crippen MR) is 120 cm³/mol. The summed E-state index contributed by atoms with van der Waals surface area (Å²) in [7, 11) is -3.22. The molecule has 2 aliphatic rings. The van der Waals surface area contributed by atoms with Gasteiger partial charge < -0.3 is 10.2 Å². The van der Waals surface area contributed by atoms with Crippen LogP contribution in [0.4, 0.5) is 15.8 Å². The summed E-state index contributed by atoms with van der Waals surface area (Å²) in [4.78, 5) is 18.7. The molecule has 2 heterocycles. The molecule has 2 aromatic carbocycles. The van der Waals surface area contributed by atoms with E-state index in [9.17, 15) is 17.6 Å². The molecule has 1 N–H and O–H groups in total. The number of nitrogens with zero attached hydrogens (tertiary/aromatic N) is 2. The number of benzene rings is 2. The van der Waals surface area contributed by atoms with Crippen LogP contribution in [0.3, 0.4) is 0 Å². The number of thioether (sulfide) groups is 1. The molecular weight excluding hydrogens is 425 g/mol. The number of rotatable bonds is 4. The lowest BCUT2D eigenvalue weighted by molar-refractivity contribution is -0.113. The van der Waals surface area contributed by atoms with Gasteiger partial charge in [0.2, 0.25) is 5.91 Å². The minimum Gasteiger partial charge on any atom is -0.325 e. The summed E-state index contributed by atoms with van der Waals surface area (Å²) < 4.78 is 38.7. The maximum absolute atomic E-state index is 14.5. The monoisotopic (exact) mass is 447 g/mol. The molecule has 0 aromatic heterocycles. The van der Waals surface area contributed by atoms with Crippen LogP contribution in [-0.2, 0) is 14.6 Å². The first-order chi connectivity index (χ1) is 14.2. The second-order valence-corrected chi connectivity index (χ2v) is 10.6. The molecule has 2 aliphatic heterocycles. The Hall–Kier alpha value is -2.39. The van der Waals surface area contributed by atoms with Crippen LogP contribution in [0.2, 0.25) is 0 Å². The lowest BCUT2D eigenvalue weighted by atomic mass is 10.1. The van der Waals surface area contributed by atoms with Crippen molar-refractivity contribution in [3.63, 3.8) is 0 Å². The summed E-state index contributed by atoms with van der Waals surface area (Å²) in [6, 6.07) is 11.1. The van der Waals surface area contributed by atoms with E-state index in [4.69, 9.17) is 0 Å². The van der Waals surface area contributed by atoms with Crippen LogP contribution in [0.1, 0.15) is 11.1 Å². The fourth-order valence-electron chi connectivity index (χ4n) is 3.88. The Kier molecular flexibility index (Phi) is 5.59. The van der Waals surface area contributed by atoms with E-state index in [2.05, 4.69) is 10.3 Å². The fourth-order valence-corrected chi connectivity index (χ4v) is 6.64. The highest BCUT2D eigenvalue weighted by molar-refractivity contribution is 8.14. The van der Waals surface area contributed by atoms with Gasteiger partial charge in [-0.1, -0.05) is 42.1 Å². The van der Waals surface area contributed by atoms with E-state index in [0.29, 0.717) is 5.17 Å². The van der Waals surface area contributed by atoms with Crippen molar-refractivity contribution in [2.75, 3.05) is 27.5 Å². The highest BCUT2D eigenvalue weighted by Gasteiger charge is 2.47. The minimum atomic E-state index is -3.22. The molecule has 0 saturated carbocycles.